The van der Waals surface area contributed by atoms with Crippen molar-refractivity contribution in [3.63, 3.8) is 0 Å². The van der Waals surface area contributed by atoms with Crippen molar-refractivity contribution in [3.05, 3.63) is 81.0 Å². The second-order valence-electron chi connectivity index (χ2n) is 6.32. The van der Waals surface area contributed by atoms with Crippen LogP contribution in [-0.4, -0.2) is 33.2 Å². The fraction of sp³-hybridized carbons (Fsp3) is 0.0476. The number of methoxy groups -OCH3 is 1. The molecule has 2 N–H and O–H groups in total. The summed E-state index contributed by atoms with van der Waals surface area (Å²) in [5.74, 6) is -0.334. The van der Waals surface area contributed by atoms with Gasteiger partial charge in [-0.3, -0.25) is 19.8 Å². The number of aromatic nitrogens is 1. The number of nitrogens with zero attached hydrogens (tertiary/aromatic N) is 1. The first-order valence-electron chi connectivity index (χ1n) is 8.81. The highest BCUT2D eigenvalue weighted by Gasteiger charge is 2.34. The van der Waals surface area contributed by atoms with Gasteiger partial charge in [0.1, 0.15) is 5.75 Å². The van der Waals surface area contributed by atoms with E-state index in [1.807, 2.05) is 12.1 Å². The minimum atomic E-state index is -0.598. The maximum Gasteiger partial charge on any atom is 0.285 e. The van der Waals surface area contributed by atoms with Gasteiger partial charge in [0.15, 0.2) is 4.32 Å². The van der Waals surface area contributed by atoms with Gasteiger partial charge in [-0.05, 0) is 42.1 Å². The smallest absolute Gasteiger partial charge is 0.285 e. The van der Waals surface area contributed by atoms with Crippen molar-refractivity contribution >= 4 is 57.1 Å². The predicted molar refractivity (Wildman–Crippen MR) is 120 cm³/mol. The zero-order valence-corrected chi connectivity index (χ0v) is 17.3. The van der Waals surface area contributed by atoms with Crippen LogP contribution < -0.4 is 15.7 Å². The minimum Gasteiger partial charge on any atom is -0.497 e. The van der Waals surface area contributed by atoms with Gasteiger partial charge in [0.2, 0.25) is 5.56 Å². The van der Waals surface area contributed by atoms with E-state index in [-0.39, 0.29) is 9.88 Å². The zero-order chi connectivity index (χ0) is 21.3. The van der Waals surface area contributed by atoms with Crippen LogP contribution in [0.5, 0.6) is 5.75 Å². The van der Waals surface area contributed by atoms with E-state index in [1.54, 1.807) is 49.6 Å². The number of pyridine rings is 1. The number of thioether (sulfide) groups is 1. The molecule has 0 spiro atoms. The molecule has 0 radical (unpaired) electrons. The van der Waals surface area contributed by atoms with Gasteiger partial charge in [0.25, 0.3) is 11.8 Å². The van der Waals surface area contributed by atoms with Crippen molar-refractivity contribution in [2.24, 2.45) is 0 Å². The van der Waals surface area contributed by atoms with Gasteiger partial charge in [0, 0.05) is 17.0 Å². The van der Waals surface area contributed by atoms with Gasteiger partial charge in [-0.2, -0.15) is 5.01 Å². The molecule has 2 heterocycles. The molecule has 4 rings (SSSR count). The van der Waals surface area contributed by atoms with Crippen molar-refractivity contribution in [1.29, 1.82) is 0 Å². The van der Waals surface area contributed by atoms with E-state index in [4.69, 9.17) is 17.0 Å². The van der Waals surface area contributed by atoms with Crippen molar-refractivity contribution < 1.29 is 14.3 Å². The van der Waals surface area contributed by atoms with Gasteiger partial charge < -0.3 is 9.72 Å². The summed E-state index contributed by atoms with van der Waals surface area (Å²) < 4.78 is 5.32. The summed E-state index contributed by atoms with van der Waals surface area (Å²) in [7, 11) is 1.58. The fourth-order valence-electron chi connectivity index (χ4n) is 2.97. The number of ether oxygens (including phenoxy) is 1. The summed E-state index contributed by atoms with van der Waals surface area (Å²) >= 11 is 6.35. The Kier molecular flexibility index (Phi) is 5.39. The lowest BCUT2D eigenvalue weighted by Crippen LogP contribution is -2.45. The molecule has 9 heteroatoms. The first-order valence-corrected chi connectivity index (χ1v) is 10.0. The van der Waals surface area contributed by atoms with Crippen LogP contribution in [0.3, 0.4) is 0 Å². The second-order valence-corrected chi connectivity index (χ2v) is 8.00. The molecule has 1 aliphatic heterocycles. The molecule has 1 aromatic heterocycles. The minimum absolute atomic E-state index is 0.155. The number of aromatic amines is 1. The van der Waals surface area contributed by atoms with Gasteiger partial charge in [0.05, 0.1) is 17.6 Å². The summed E-state index contributed by atoms with van der Waals surface area (Å²) in [6.45, 7) is 0. The van der Waals surface area contributed by atoms with Gasteiger partial charge in [-0.1, -0.05) is 42.1 Å². The molecule has 2 aromatic carbocycles. The van der Waals surface area contributed by atoms with Crippen LogP contribution in [0.4, 0.5) is 0 Å². The quantitative estimate of drug-likeness (QED) is 0.482. The summed E-state index contributed by atoms with van der Waals surface area (Å²) in [5, 5.41) is 1.59. The second kappa shape index (κ2) is 8.13. The summed E-state index contributed by atoms with van der Waals surface area (Å²) in [5.41, 5.74) is 3.58. The maximum absolute atomic E-state index is 12.8. The first-order chi connectivity index (χ1) is 14.5. The summed E-state index contributed by atoms with van der Waals surface area (Å²) in [6.07, 6.45) is 1.69. The molecular formula is C21H15N3O4S2. The largest absolute Gasteiger partial charge is 0.497 e. The standard InChI is InChI=1S/C21H15N3O4S2/c1-28-13-8-6-12(7-9-13)10-17-20(27)24(21(29)30-17)23-19(26)15-11-18(25)22-16-5-3-2-4-14(15)16/h2-11H,1H3,(H,22,25)(H,23,26). The molecule has 1 aliphatic rings. The Bertz CT molecular complexity index is 1270. The van der Waals surface area contributed by atoms with E-state index in [0.29, 0.717) is 21.6 Å². The number of hydrogen-bond acceptors (Lipinski definition) is 6. The summed E-state index contributed by atoms with van der Waals surface area (Å²) in [6, 6.07) is 15.3. The number of hydrogen-bond donors (Lipinski definition) is 2. The molecule has 150 valence electrons. The van der Waals surface area contributed by atoms with E-state index >= 15 is 0 Å². The Morgan fingerprint density at radius 3 is 2.63 bits per heavy atom. The Morgan fingerprint density at radius 1 is 1.17 bits per heavy atom. The lowest BCUT2D eigenvalue weighted by molar-refractivity contribution is -0.123. The number of rotatable bonds is 4. The molecule has 1 fully saturated rings. The molecule has 3 aromatic rings. The van der Waals surface area contributed by atoms with Crippen LogP contribution in [0, 0.1) is 0 Å². The number of fused-ring (bicyclic) bond motifs is 1. The van der Waals surface area contributed by atoms with E-state index in [1.165, 1.54) is 6.07 Å². The molecule has 0 atom stereocenters. The molecule has 0 saturated carbocycles. The molecular weight excluding hydrogens is 422 g/mol. The van der Waals surface area contributed by atoms with Crippen molar-refractivity contribution in [1.82, 2.24) is 15.4 Å². The molecule has 0 bridgehead atoms. The molecule has 1 saturated heterocycles. The van der Waals surface area contributed by atoms with Gasteiger partial charge >= 0.3 is 0 Å². The summed E-state index contributed by atoms with van der Waals surface area (Å²) in [4.78, 5) is 40.6. The average molecular weight is 438 g/mol. The first kappa shape index (κ1) is 19.9. The van der Waals surface area contributed by atoms with Crippen LogP contribution in [-0.2, 0) is 4.79 Å². The number of benzene rings is 2. The topological polar surface area (TPSA) is 91.5 Å². The van der Waals surface area contributed by atoms with Crippen LogP contribution in [0.1, 0.15) is 15.9 Å². The molecule has 0 aliphatic carbocycles. The molecule has 7 nitrogen and oxygen atoms in total. The Morgan fingerprint density at radius 2 is 1.90 bits per heavy atom. The Labute approximate surface area is 180 Å². The fourth-order valence-corrected chi connectivity index (χ4v) is 4.15. The number of amides is 2. The zero-order valence-electron chi connectivity index (χ0n) is 15.7. The van der Waals surface area contributed by atoms with Crippen molar-refractivity contribution in [3.8, 4) is 5.75 Å². The van der Waals surface area contributed by atoms with E-state index in [0.717, 1.165) is 22.3 Å². The predicted octanol–water partition coefficient (Wildman–Crippen LogP) is 3.08. The van der Waals surface area contributed by atoms with Crippen LogP contribution in [0.2, 0.25) is 0 Å². The normalized spacial score (nSPS) is 15.1. The Hall–Kier alpha value is -3.43. The maximum atomic E-state index is 12.8. The number of hydrazine groups is 1. The number of H-pyrrole nitrogens is 1. The van der Waals surface area contributed by atoms with E-state index in [2.05, 4.69) is 10.4 Å². The van der Waals surface area contributed by atoms with Gasteiger partial charge in [-0.25, -0.2) is 0 Å². The van der Waals surface area contributed by atoms with Gasteiger partial charge in [-0.15, -0.1) is 0 Å². The number of carbonyl (C=O) groups excluding carboxylic acids is 2. The highest BCUT2D eigenvalue weighted by atomic mass is 32.2. The number of thiocarbonyl (C=S) groups is 1. The SMILES string of the molecule is COc1ccc(C=C2SC(=S)N(NC(=O)c3cc(=O)[nH]c4ccccc34)C2=O)cc1. The monoisotopic (exact) mass is 437 g/mol. The third-order valence-electron chi connectivity index (χ3n) is 4.42. The number of para-hydroxylation sites is 1. The highest BCUT2D eigenvalue weighted by Crippen LogP contribution is 2.32. The van der Waals surface area contributed by atoms with Crippen LogP contribution >= 0.6 is 24.0 Å². The third-order valence-corrected chi connectivity index (χ3v) is 5.72. The average Bonchev–Trinajstić information content (AvgIpc) is 3.01. The van der Waals surface area contributed by atoms with Crippen LogP contribution in [0.15, 0.2) is 64.3 Å². The molecule has 0 unspecified atom stereocenters. The van der Waals surface area contributed by atoms with E-state index in [9.17, 15) is 14.4 Å². The molecule has 30 heavy (non-hydrogen) atoms. The highest BCUT2D eigenvalue weighted by molar-refractivity contribution is 8.26. The van der Waals surface area contributed by atoms with Crippen molar-refractivity contribution in [2.75, 3.05) is 7.11 Å². The Balaban J connectivity index is 1.59. The molecule has 2 amide bonds. The van der Waals surface area contributed by atoms with E-state index < -0.39 is 17.4 Å². The third kappa shape index (κ3) is 3.85. The number of carbonyl (C=O) groups is 2. The lowest BCUT2D eigenvalue weighted by atomic mass is 10.1. The van der Waals surface area contributed by atoms with Crippen molar-refractivity contribution in [2.45, 2.75) is 0 Å². The lowest BCUT2D eigenvalue weighted by Gasteiger charge is -2.16. The van der Waals surface area contributed by atoms with Crippen LogP contribution in [0.25, 0.3) is 17.0 Å². The number of nitrogens with one attached hydrogen (secondary N) is 2.